The van der Waals surface area contributed by atoms with Gasteiger partial charge in [-0.15, -0.1) is 0 Å². The molecule has 16 heavy (non-hydrogen) atoms. The van der Waals surface area contributed by atoms with E-state index >= 15 is 0 Å². The standard InChI is InChI=1S/C14H22N2/c1-9-5-6-14(11(3)10(9)2)12(4)16-7-13(15)8-16/h5-6,12-13H,7-8,15H2,1-4H3. The van der Waals surface area contributed by atoms with Crippen LogP contribution in [-0.2, 0) is 0 Å². The van der Waals surface area contributed by atoms with Crippen LogP contribution >= 0.6 is 0 Å². The lowest BCUT2D eigenvalue weighted by molar-refractivity contribution is 0.103. The van der Waals surface area contributed by atoms with Gasteiger partial charge in [0, 0.05) is 25.2 Å². The second-order valence-electron chi connectivity index (χ2n) is 5.11. The molecule has 1 aromatic rings. The number of rotatable bonds is 2. The van der Waals surface area contributed by atoms with E-state index in [1.807, 2.05) is 0 Å². The van der Waals surface area contributed by atoms with Gasteiger partial charge >= 0.3 is 0 Å². The number of nitrogens with two attached hydrogens (primary N) is 1. The van der Waals surface area contributed by atoms with Crippen LogP contribution in [0.25, 0.3) is 0 Å². The molecule has 2 rings (SSSR count). The van der Waals surface area contributed by atoms with E-state index in [1.165, 1.54) is 22.3 Å². The first-order valence-corrected chi connectivity index (χ1v) is 6.07. The molecule has 2 heteroatoms. The maximum Gasteiger partial charge on any atom is 0.0323 e. The minimum Gasteiger partial charge on any atom is -0.325 e. The third-order valence-electron chi connectivity index (χ3n) is 4.04. The molecule has 1 unspecified atom stereocenters. The number of likely N-dealkylation sites (tertiary alicyclic amines) is 1. The molecular formula is C14H22N2. The van der Waals surface area contributed by atoms with E-state index in [0.29, 0.717) is 12.1 Å². The number of aryl methyl sites for hydroxylation is 1. The molecule has 0 spiro atoms. The fourth-order valence-corrected chi connectivity index (χ4v) is 2.49. The van der Waals surface area contributed by atoms with E-state index in [2.05, 4.69) is 44.7 Å². The van der Waals surface area contributed by atoms with Crippen molar-refractivity contribution in [3.63, 3.8) is 0 Å². The van der Waals surface area contributed by atoms with Crippen molar-refractivity contribution in [2.24, 2.45) is 5.73 Å². The molecule has 1 atom stereocenters. The number of hydrogen-bond acceptors (Lipinski definition) is 2. The Kier molecular flexibility index (Phi) is 3.04. The summed E-state index contributed by atoms with van der Waals surface area (Å²) in [6.45, 7) is 11.0. The lowest BCUT2D eigenvalue weighted by atomic mass is 9.92. The van der Waals surface area contributed by atoms with Gasteiger partial charge < -0.3 is 5.73 Å². The van der Waals surface area contributed by atoms with E-state index in [0.717, 1.165) is 13.1 Å². The van der Waals surface area contributed by atoms with Crippen LogP contribution in [0.5, 0.6) is 0 Å². The summed E-state index contributed by atoms with van der Waals surface area (Å²) in [6.07, 6.45) is 0. The predicted octanol–water partition coefficient (Wildman–Crippen LogP) is 2.32. The van der Waals surface area contributed by atoms with Crippen molar-refractivity contribution in [2.75, 3.05) is 13.1 Å². The summed E-state index contributed by atoms with van der Waals surface area (Å²) in [5, 5.41) is 0. The molecule has 1 aromatic carbocycles. The van der Waals surface area contributed by atoms with Gasteiger partial charge in [-0.2, -0.15) is 0 Å². The highest BCUT2D eigenvalue weighted by atomic mass is 15.2. The average Bonchev–Trinajstić information content (AvgIpc) is 2.21. The average molecular weight is 218 g/mol. The lowest BCUT2D eigenvalue weighted by Crippen LogP contribution is -2.56. The molecule has 1 aliphatic heterocycles. The topological polar surface area (TPSA) is 29.3 Å². The molecule has 88 valence electrons. The van der Waals surface area contributed by atoms with Crippen molar-refractivity contribution in [1.82, 2.24) is 4.90 Å². The summed E-state index contributed by atoms with van der Waals surface area (Å²) in [7, 11) is 0. The van der Waals surface area contributed by atoms with Crippen LogP contribution in [0.2, 0.25) is 0 Å². The Morgan fingerprint density at radius 1 is 1.19 bits per heavy atom. The van der Waals surface area contributed by atoms with E-state index in [4.69, 9.17) is 5.73 Å². The molecule has 0 amide bonds. The Bertz CT molecular complexity index is 392. The van der Waals surface area contributed by atoms with Crippen molar-refractivity contribution in [3.05, 3.63) is 34.4 Å². The summed E-state index contributed by atoms with van der Waals surface area (Å²) >= 11 is 0. The first-order valence-electron chi connectivity index (χ1n) is 6.07. The number of hydrogen-bond donors (Lipinski definition) is 1. The largest absolute Gasteiger partial charge is 0.325 e. The zero-order chi connectivity index (χ0) is 11.9. The first kappa shape index (κ1) is 11.6. The van der Waals surface area contributed by atoms with Gasteiger partial charge in [0.05, 0.1) is 0 Å². The molecule has 2 nitrogen and oxygen atoms in total. The van der Waals surface area contributed by atoms with Crippen molar-refractivity contribution in [2.45, 2.75) is 39.8 Å². The van der Waals surface area contributed by atoms with E-state index in [9.17, 15) is 0 Å². The van der Waals surface area contributed by atoms with Crippen molar-refractivity contribution < 1.29 is 0 Å². The second-order valence-corrected chi connectivity index (χ2v) is 5.11. The second kappa shape index (κ2) is 4.19. The molecule has 1 fully saturated rings. The Hall–Kier alpha value is -0.860. The van der Waals surface area contributed by atoms with E-state index < -0.39 is 0 Å². The van der Waals surface area contributed by atoms with Gasteiger partial charge in [-0.3, -0.25) is 4.90 Å². The molecule has 0 bridgehead atoms. The van der Waals surface area contributed by atoms with Crippen LogP contribution in [-0.4, -0.2) is 24.0 Å². The fraction of sp³-hybridized carbons (Fsp3) is 0.571. The van der Waals surface area contributed by atoms with Gasteiger partial charge in [-0.1, -0.05) is 12.1 Å². The Morgan fingerprint density at radius 2 is 1.81 bits per heavy atom. The van der Waals surface area contributed by atoms with Crippen LogP contribution in [0.3, 0.4) is 0 Å². The molecule has 0 aromatic heterocycles. The summed E-state index contributed by atoms with van der Waals surface area (Å²) in [4.78, 5) is 2.45. The van der Waals surface area contributed by atoms with Gasteiger partial charge in [0.1, 0.15) is 0 Å². The maximum atomic E-state index is 5.84. The molecule has 0 saturated carbocycles. The van der Waals surface area contributed by atoms with E-state index in [-0.39, 0.29) is 0 Å². The quantitative estimate of drug-likeness (QED) is 0.825. The molecule has 1 heterocycles. The Balaban J connectivity index is 2.24. The van der Waals surface area contributed by atoms with Crippen molar-refractivity contribution >= 4 is 0 Å². The maximum absolute atomic E-state index is 5.84. The van der Waals surface area contributed by atoms with Gasteiger partial charge in [-0.05, 0) is 49.9 Å². The van der Waals surface area contributed by atoms with Gasteiger partial charge in [0.15, 0.2) is 0 Å². The van der Waals surface area contributed by atoms with Crippen LogP contribution < -0.4 is 5.73 Å². The molecule has 1 saturated heterocycles. The lowest BCUT2D eigenvalue weighted by Gasteiger charge is -2.42. The smallest absolute Gasteiger partial charge is 0.0323 e. The minimum atomic E-state index is 0.384. The fourth-order valence-electron chi connectivity index (χ4n) is 2.49. The Morgan fingerprint density at radius 3 is 2.38 bits per heavy atom. The number of benzene rings is 1. The summed E-state index contributed by atoms with van der Waals surface area (Å²) < 4.78 is 0. The predicted molar refractivity (Wildman–Crippen MR) is 68.6 cm³/mol. The molecule has 0 radical (unpaired) electrons. The van der Waals surface area contributed by atoms with Crippen LogP contribution in [0, 0.1) is 20.8 Å². The van der Waals surface area contributed by atoms with Crippen LogP contribution in [0.4, 0.5) is 0 Å². The minimum absolute atomic E-state index is 0.384. The zero-order valence-corrected chi connectivity index (χ0v) is 10.7. The van der Waals surface area contributed by atoms with Gasteiger partial charge in [-0.25, -0.2) is 0 Å². The number of nitrogens with zero attached hydrogens (tertiary/aromatic N) is 1. The van der Waals surface area contributed by atoms with Crippen LogP contribution in [0.15, 0.2) is 12.1 Å². The monoisotopic (exact) mass is 218 g/mol. The SMILES string of the molecule is Cc1ccc(C(C)N2CC(N)C2)c(C)c1C. The molecule has 0 aliphatic carbocycles. The molecule has 1 aliphatic rings. The summed E-state index contributed by atoms with van der Waals surface area (Å²) in [6, 6.07) is 5.38. The molecule has 2 N–H and O–H groups in total. The highest BCUT2D eigenvalue weighted by Gasteiger charge is 2.28. The van der Waals surface area contributed by atoms with Crippen molar-refractivity contribution in [3.8, 4) is 0 Å². The zero-order valence-electron chi connectivity index (χ0n) is 10.7. The summed E-state index contributed by atoms with van der Waals surface area (Å²) in [5.41, 5.74) is 11.5. The normalized spacial score (nSPS) is 19.6. The Labute approximate surface area is 98.4 Å². The third kappa shape index (κ3) is 1.87. The molecular weight excluding hydrogens is 196 g/mol. The highest BCUT2D eigenvalue weighted by Crippen LogP contribution is 2.29. The van der Waals surface area contributed by atoms with E-state index in [1.54, 1.807) is 0 Å². The highest BCUT2D eigenvalue weighted by molar-refractivity contribution is 5.40. The first-order chi connectivity index (χ1) is 7.50. The summed E-state index contributed by atoms with van der Waals surface area (Å²) in [5.74, 6) is 0. The van der Waals surface area contributed by atoms with Gasteiger partial charge in [0.25, 0.3) is 0 Å². The van der Waals surface area contributed by atoms with Crippen molar-refractivity contribution in [1.29, 1.82) is 0 Å². The van der Waals surface area contributed by atoms with Gasteiger partial charge in [0.2, 0.25) is 0 Å². The van der Waals surface area contributed by atoms with Crippen LogP contribution in [0.1, 0.15) is 35.2 Å². The third-order valence-corrected chi connectivity index (χ3v) is 4.04.